The van der Waals surface area contributed by atoms with E-state index in [0.29, 0.717) is 23.1 Å². The van der Waals surface area contributed by atoms with Gasteiger partial charge in [0.05, 0.1) is 10.8 Å². The molecule has 0 amide bonds. The number of hydrogen-bond donors (Lipinski definition) is 1. The standard InChI is InChI=1S/C21H24O4S/c1-4-15(2)19(21(22)23)16(3)26(24,25)20(17-11-7-5-8-12-17)18-13-9-6-10-14-18/h5-14,16,20H,4H2,1-3H3,(H,22,23). The van der Waals surface area contributed by atoms with E-state index in [1.807, 2.05) is 19.1 Å². The molecular weight excluding hydrogens is 348 g/mol. The molecule has 1 unspecified atom stereocenters. The minimum Gasteiger partial charge on any atom is -0.478 e. The van der Waals surface area contributed by atoms with E-state index in [1.165, 1.54) is 6.92 Å². The second kappa shape index (κ2) is 8.32. The second-order valence-electron chi connectivity index (χ2n) is 6.29. The molecule has 0 saturated carbocycles. The quantitative estimate of drug-likeness (QED) is 0.732. The molecule has 0 spiro atoms. The monoisotopic (exact) mass is 372 g/mol. The Kier molecular flexibility index (Phi) is 6.37. The smallest absolute Gasteiger partial charge is 0.332 e. The zero-order valence-electron chi connectivity index (χ0n) is 15.2. The summed E-state index contributed by atoms with van der Waals surface area (Å²) in [4.78, 5) is 11.8. The van der Waals surface area contributed by atoms with Crippen molar-refractivity contribution in [3.63, 3.8) is 0 Å². The van der Waals surface area contributed by atoms with Gasteiger partial charge in [0.1, 0.15) is 5.25 Å². The fourth-order valence-corrected chi connectivity index (χ4v) is 5.20. The van der Waals surface area contributed by atoms with Gasteiger partial charge in [0.25, 0.3) is 0 Å². The fraction of sp³-hybridized carbons (Fsp3) is 0.286. The van der Waals surface area contributed by atoms with Gasteiger partial charge >= 0.3 is 5.97 Å². The Hall–Kier alpha value is -2.40. The summed E-state index contributed by atoms with van der Waals surface area (Å²) in [6.45, 7) is 4.97. The third kappa shape index (κ3) is 4.05. The maximum Gasteiger partial charge on any atom is 0.332 e. The number of allylic oxidation sites excluding steroid dienone is 1. The van der Waals surface area contributed by atoms with Crippen LogP contribution in [-0.2, 0) is 14.6 Å². The molecule has 0 bridgehead atoms. The Morgan fingerprint density at radius 3 is 1.73 bits per heavy atom. The Morgan fingerprint density at radius 2 is 1.38 bits per heavy atom. The molecule has 0 aliphatic rings. The highest BCUT2D eigenvalue weighted by Gasteiger charge is 2.38. The summed E-state index contributed by atoms with van der Waals surface area (Å²) >= 11 is 0. The van der Waals surface area contributed by atoms with Crippen LogP contribution >= 0.6 is 0 Å². The molecule has 0 aliphatic heterocycles. The summed E-state index contributed by atoms with van der Waals surface area (Å²) in [7, 11) is -3.85. The molecule has 4 nitrogen and oxygen atoms in total. The molecule has 138 valence electrons. The van der Waals surface area contributed by atoms with E-state index in [2.05, 4.69) is 0 Å². The van der Waals surface area contributed by atoms with Crippen LogP contribution in [0.3, 0.4) is 0 Å². The number of rotatable bonds is 7. The van der Waals surface area contributed by atoms with Crippen LogP contribution in [0, 0.1) is 0 Å². The van der Waals surface area contributed by atoms with Gasteiger partial charge in [-0.05, 0) is 31.4 Å². The van der Waals surface area contributed by atoms with Crippen LogP contribution < -0.4 is 0 Å². The molecule has 26 heavy (non-hydrogen) atoms. The SMILES string of the molecule is CCC(C)=C(C(=O)O)C(C)S(=O)(=O)C(c1ccccc1)c1ccccc1. The number of hydrogen-bond acceptors (Lipinski definition) is 3. The normalized spacial score (nSPS) is 14.0. The number of benzene rings is 2. The van der Waals surface area contributed by atoms with E-state index < -0.39 is 26.3 Å². The first-order valence-corrected chi connectivity index (χ1v) is 10.2. The predicted molar refractivity (Wildman–Crippen MR) is 104 cm³/mol. The first-order valence-electron chi connectivity index (χ1n) is 8.56. The summed E-state index contributed by atoms with van der Waals surface area (Å²) < 4.78 is 27.0. The lowest BCUT2D eigenvalue weighted by Gasteiger charge is -2.24. The van der Waals surface area contributed by atoms with Crippen LogP contribution in [0.25, 0.3) is 0 Å². The number of sulfone groups is 1. The minimum absolute atomic E-state index is 0.0376. The largest absolute Gasteiger partial charge is 0.478 e. The van der Waals surface area contributed by atoms with Gasteiger partial charge in [-0.1, -0.05) is 73.2 Å². The minimum atomic E-state index is -3.85. The second-order valence-corrected chi connectivity index (χ2v) is 8.64. The van der Waals surface area contributed by atoms with Gasteiger partial charge in [-0.2, -0.15) is 0 Å². The van der Waals surface area contributed by atoms with Crippen LogP contribution in [0.4, 0.5) is 0 Å². The van der Waals surface area contributed by atoms with Crippen LogP contribution in [0.2, 0.25) is 0 Å². The van der Waals surface area contributed by atoms with Crippen molar-refractivity contribution in [1.82, 2.24) is 0 Å². The number of carboxylic acid groups (broad SMARTS) is 1. The van der Waals surface area contributed by atoms with Gasteiger partial charge in [0, 0.05) is 0 Å². The van der Waals surface area contributed by atoms with Gasteiger partial charge in [0.15, 0.2) is 9.84 Å². The molecule has 0 fully saturated rings. The van der Waals surface area contributed by atoms with Crippen molar-refractivity contribution in [3.05, 3.63) is 82.9 Å². The van der Waals surface area contributed by atoms with Crippen LogP contribution in [0.15, 0.2) is 71.8 Å². The van der Waals surface area contributed by atoms with Crippen LogP contribution in [-0.4, -0.2) is 24.7 Å². The lowest BCUT2D eigenvalue weighted by Crippen LogP contribution is -2.30. The van der Waals surface area contributed by atoms with Crippen LogP contribution in [0.1, 0.15) is 43.6 Å². The summed E-state index contributed by atoms with van der Waals surface area (Å²) in [5.74, 6) is -1.18. The average Bonchev–Trinajstić information content (AvgIpc) is 2.63. The third-order valence-electron chi connectivity index (χ3n) is 4.65. The van der Waals surface area contributed by atoms with E-state index in [4.69, 9.17) is 0 Å². The van der Waals surface area contributed by atoms with E-state index in [9.17, 15) is 18.3 Å². The molecule has 1 atom stereocenters. The predicted octanol–water partition coefficient (Wildman–Crippen LogP) is 4.39. The first-order chi connectivity index (χ1) is 12.3. The summed E-state index contributed by atoms with van der Waals surface area (Å²) in [6.07, 6.45) is 0.489. The average molecular weight is 372 g/mol. The number of carboxylic acids is 1. The first kappa shape index (κ1) is 19.9. The van der Waals surface area contributed by atoms with E-state index in [1.54, 1.807) is 55.5 Å². The van der Waals surface area contributed by atoms with Crippen molar-refractivity contribution in [2.24, 2.45) is 0 Å². The van der Waals surface area contributed by atoms with Crippen molar-refractivity contribution in [2.45, 2.75) is 37.7 Å². The Bertz CT molecular complexity index is 845. The molecule has 0 radical (unpaired) electrons. The Labute approximate surface area is 155 Å². The van der Waals surface area contributed by atoms with Crippen molar-refractivity contribution in [2.75, 3.05) is 0 Å². The molecule has 2 aromatic carbocycles. The lowest BCUT2D eigenvalue weighted by atomic mass is 10.0. The van der Waals surface area contributed by atoms with Gasteiger partial charge in [-0.15, -0.1) is 0 Å². The maximum atomic E-state index is 13.5. The zero-order chi connectivity index (χ0) is 19.3. The van der Waals surface area contributed by atoms with Crippen molar-refractivity contribution < 1.29 is 18.3 Å². The highest BCUT2D eigenvalue weighted by Crippen LogP contribution is 2.35. The topological polar surface area (TPSA) is 71.4 Å². The van der Waals surface area contributed by atoms with E-state index in [-0.39, 0.29) is 5.57 Å². The zero-order valence-corrected chi connectivity index (χ0v) is 16.0. The van der Waals surface area contributed by atoms with Gasteiger partial charge in [-0.25, -0.2) is 13.2 Å². The summed E-state index contributed by atoms with van der Waals surface area (Å²) in [5.41, 5.74) is 1.80. The molecule has 0 aromatic heterocycles. The lowest BCUT2D eigenvalue weighted by molar-refractivity contribution is -0.132. The third-order valence-corrected chi connectivity index (χ3v) is 7.08. The highest BCUT2D eigenvalue weighted by molar-refractivity contribution is 7.92. The molecule has 1 N–H and O–H groups in total. The van der Waals surface area contributed by atoms with Gasteiger partial charge in [-0.3, -0.25) is 0 Å². The highest BCUT2D eigenvalue weighted by atomic mass is 32.2. The van der Waals surface area contributed by atoms with Crippen molar-refractivity contribution >= 4 is 15.8 Å². The summed E-state index contributed by atoms with van der Waals surface area (Å²) in [5, 5.41) is 7.57. The molecule has 2 rings (SSSR count). The Balaban J connectivity index is 2.66. The van der Waals surface area contributed by atoms with E-state index >= 15 is 0 Å². The molecule has 2 aromatic rings. The molecular formula is C21H24O4S. The molecule has 5 heteroatoms. The molecule has 0 aliphatic carbocycles. The summed E-state index contributed by atoms with van der Waals surface area (Å²) in [6, 6.07) is 17.9. The Morgan fingerprint density at radius 1 is 0.962 bits per heavy atom. The van der Waals surface area contributed by atoms with Crippen molar-refractivity contribution in [3.8, 4) is 0 Å². The molecule has 0 saturated heterocycles. The fourth-order valence-electron chi connectivity index (χ4n) is 3.09. The number of aliphatic carboxylic acids is 1. The number of carbonyl (C=O) groups is 1. The maximum absolute atomic E-state index is 13.5. The van der Waals surface area contributed by atoms with Crippen LogP contribution in [0.5, 0.6) is 0 Å². The van der Waals surface area contributed by atoms with E-state index in [0.717, 1.165) is 0 Å². The molecule has 0 heterocycles. The van der Waals surface area contributed by atoms with Gasteiger partial charge in [0.2, 0.25) is 0 Å². The van der Waals surface area contributed by atoms with Crippen molar-refractivity contribution in [1.29, 1.82) is 0 Å². The van der Waals surface area contributed by atoms with Gasteiger partial charge < -0.3 is 5.11 Å².